The van der Waals surface area contributed by atoms with E-state index in [1.54, 1.807) is 48.5 Å². The minimum absolute atomic E-state index is 0.000192. The van der Waals surface area contributed by atoms with Crippen molar-refractivity contribution in [2.45, 2.75) is 64.1 Å². The number of benzene rings is 4. The van der Waals surface area contributed by atoms with E-state index in [1.165, 1.54) is 17.0 Å². The molecule has 0 saturated heterocycles. The molecule has 0 saturated carbocycles. The lowest BCUT2D eigenvalue weighted by Crippen LogP contribution is -2.56. The number of hydrogen-bond donors (Lipinski definition) is 1. The first kappa shape index (κ1) is 33.7. The highest BCUT2D eigenvalue weighted by atomic mass is 35.5. The Bertz CT molecular complexity index is 1740. The van der Waals surface area contributed by atoms with Crippen LogP contribution < -0.4 is 9.62 Å². The van der Waals surface area contributed by atoms with Crippen molar-refractivity contribution in [3.05, 3.63) is 130 Å². The Labute approximate surface area is 271 Å². The molecule has 0 radical (unpaired) electrons. The zero-order valence-electron chi connectivity index (χ0n) is 26.3. The fourth-order valence-corrected chi connectivity index (χ4v) is 6.57. The molecule has 0 heterocycles. The third-order valence-corrected chi connectivity index (χ3v) is 9.40. The van der Waals surface area contributed by atoms with Crippen LogP contribution in [0, 0.1) is 13.8 Å². The van der Waals surface area contributed by atoms with Crippen molar-refractivity contribution in [1.82, 2.24) is 10.2 Å². The van der Waals surface area contributed by atoms with E-state index in [0.29, 0.717) is 16.3 Å². The molecule has 4 aromatic rings. The first-order valence-corrected chi connectivity index (χ1v) is 16.6. The van der Waals surface area contributed by atoms with E-state index in [4.69, 9.17) is 11.6 Å². The Morgan fingerprint density at radius 3 is 2.09 bits per heavy atom. The van der Waals surface area contributed by atoms with Crippen LogP contribution in [0.5, 0.6) is 0 Å². The summed E-state index contributed by atoms with van der Waals surface area (Å²) in [5.41, 5.74) is 3.01. The number of anilines is 1. The molecule has 9 heteroatoms. The standard InChI is InChI=1S/C36H40ClN3O4S/c1-26-18-20-31(21-19-26)45(43,44)40(30-16-11-12-27(2)22-30)25-34(41)39(24-29-15-9-10-17-32(29)37)33(35(42)38-36(3,4)5)23-28-13-7-6-8-14-28/h6-22,33H,23-25H2,1-5H3,(H,38,42)/t33-/m1/s1. The van der Waals surface area contributed by atoms with Gasteiger partial charge in [-0.2, -0.15) is 0 Å². The molecule has 0 fully saturated rings. The van der Waals surface area contributed by atoms with Crippen LogP contribution in [0.15, 0.2) is 108 Å². The molecule has 0 unspecified atom stereocenters. The minimum atomic E-state index is -4.17. The van der Waals surface area contributed by atoms with Gasteiger partial charge < -0.3 is 10.2 Å². The van der Waals surface area contributed by atoms with Gasteiger partial charge in [0.2, 0.25) is 11.8 Å². The predicted octanol–water partition coefficient (Wildman–Crippen LogP) is 6.71. The summed E-state index contributed by atoms with van der Waals surface area (Å²) in [4.78, 5) is 30.0. The second kappa shape index (κ2) is 14.3. The third-order valence-electron chi connectivity index (χ3n) is 7.25. The van der Waals surface area contributed by atoms with Crippen LogP contribution in [0.4, 0.5) is 5.69 Å². The lowest BCUT2D eigenvalue weighted by Gasteiger charge is -2.35. The number of halogens is 1. The lowest BCUT2D eigenvalue weighted by molar-refractivity contribution is -0.140. The largest absolute Gasteiger partial charge is 0.350 e. The third kappa shape index (κ3) is 8.96. The molecule has 0 aliphatic carbocycles. The van der Waals surface area contributed by atoms with E-state index < -0.39 is 34.1 Å². The Balaban J connectivity index is 1.83. The SMILES string of the molecule is Cc1ccc(S(=O)(=O)N(CC(=O)N(Cc2ccccc2Cl)[C@H](Cc2ccccc2)C(=O)NC(C)(C)C)c2cccc(C)c2)cc1. The molecule has 0 aliphatic heterocycles. The first-order chi connectivity index (χ1) is 21.2. The molecule has 0 aromatic heterocycles. The predicted molar refractivity (Wildman–Crippen MR) is 181 cm³/mol. The number of carbonyl (C=O) groups is 2. The van der Waals surface area contributed by atoms with Crippen LogP contribution in [0.1, 0.15) is 43.0 Å². The highest BCUT2D eigenvalue weighted by molar-refractivity contribution is 7.92. The molecular formula is C36H40ClN3O4S. The summed E-state index contributed by atoms with van der Waals surface area (Å²) in [6.07, 6.45) is 0.216. The van der Waals surface area contributed by atoms with Crippen LogP contribution in [0.2, 0.25) is 5.02 Å². The number of rotatable bonds is 11. The van der Waals surface area contributed by atoms with E-state index >= 15 is 0 Å². The number of nitrogens with one attached hydrogen (secondary N) is 1. The molecule has 0 aliphatic rings. The van der Waals surface area contributed by atoms with Crippen molar-refractivity contribution in [3.8, 4) is 0 Å². The number of amides is 2. The summed E-state index contributed by atoms with van der Waals surface area (Å²) in [7, 11) is -4.17. The van der Waals surface area contributed by atoms with Gasteiger partial charge in [0.15, 0.2) is 0 Å². The van der Waals surface area contributed by atoms with Gasteiger partial charge in [-0.25, -0.2) is 8.42 Å². The van der Waals surface area contributed by atoms with Gasteiger partial charge in [0.1, 0.15) is 12.6 Å². The van der Waals surface area contributed by atoms with E-state index in [9.17, 15) is 18.0 Å². The van der Waals surface area contributed by atoms with Gasteiger partial charge in [-0.1, -0.05) is 90.0 Å². The quantitative estimate of drug-likeness (QED) is 0.197. The van der Waals surface area contributed by atoms with E-state index in [2.05, 4.69) is 5.32 Å². The summed E-state index contributed by atoms with van der Waals surface area (Å²) in [5, 5.41) is 3.47. The van der Waals surface area contributed by atoms with Crippen molar-refractivity contribution in [2.75, 3.05) is 10.8 Å². The number of aryl methyl sites for hydroxylation is 2. The molecule has 1 N–H and O–H groups in total. The lowest BCUT2D eigenvalue weighted by atomic mass is 10.0. The van der Waals surface area contributed by atoms with E-state index in [-0.39, 0.29) is 23.8 Å². The van der Waals surface area contributed by atoms with Crippen LogP contribution in [0.25, 0.3) is 0 Å². The van der Waals surface area contributed by atoms with Gasteiger partial charge in [0.25, 0.3) is 10.0 Å². The van der Waals surface area contributed by atoms with Gasteiger partial charge >= 0.3 is 0 Å². The van der Waals surface area contributed by atoms with Crippen molar-refractivity contribution in [2.24, 2.45) is 0 Å². The van der Waals surface area contributed by atoms with Gasteiger partial charge in [-0.3, -0.25) is 13.9 Å². The monoisotopic (exact) mass is 645 g/mol. The van der Waals surface area contributed by atoms with Crippen molar-refractivity contribution in [3.63, 3.8) is 0 Å². The fraction of sp³-hybridized carbons (Fsp3) is 0.278. The van der Waals surface area contributed by atoms with Crippen LogP contribution in [0.3, 0.4) is 0 Å². The number of sulfonamides is 1. The van der Waals surface area contributed by atoms with Gasteiger partial charge in [0.05, 0.1) is 10.6 Å². The fourth-order valence-electron chi connectivity index (χ4n) is 4.97. The molecule has 4 aromatic carbocycles. The van der Waals surface area contributed by atoms with E-state index in [0.717, 1.165) is 21.0 Å². The Kier molecular flexibility index (Phi) is 10.7. The molecule has 7 nitrogen and oxygen atoms in total. The molecule has 0 bridgehead atoms. The Morgan fingerprint density at radius 2 is 1.47 bits per heavy atom. The highest BCUT2D eigenvalue weighted by Gasteiger charge is 2.36. The maximum atomic E-state index is 14.6. The van der Waals surface area contributed by atoms with Gasteiger partial charge in [0, 0.05) is 23.5 Å². The molecule has 1 atom stereocenters. The zero-order valence-corrected chi connectivity index (χ0v) is 27.9. The summed E-state index contributed by atoms with van der Waals surface area (Å²) < 4.78 is 29.4. The highest BCUT2D eigenvalue weighted by Crippen LogP contribution is 2.27. The topological polar surface area (TPSA) is 86.8 Å². The maximum absolute atomic E-state index is 14.6. The smallest absolute Gasteiger partial charge is 0.264 e. The summed E-state index contributed by atoms with van der Waals surface area (Å²) in [5.74, 6) is -0.896. The second-order valence-electron chi connectivity index (χ2n) is 12.2. The summed E-state index contributed by atoms with van der Waals surface area (Å²) >= 11 is 6.56. The van der Waals surface area contributed by atoms with Gasteiger partial charge in [-0.15, -0.1) is 0 Å². The summed E-state index contributed by atoms with van der Waals surface area (Å²) in [6, 6.07) is 29.1. The van der Waals surface area contributed by atoms with Crippen LogP contribution in [-0.2, 0) is 32.6 Å². The van der Waals surface area contributed by atoms with Crippen molar-refractivity contribution >= 4 is 39.1 Å². The van der Waals surface area contributed by atoms with Gasteiger partial charge in [-0.05, 0) is 81.6 Å². The molecule has 45 heavy (non-hydrogen) atoms. The molecule has 2 amide bonds. The normalized spacial score (nSPS) is 12.3. The van der Waals surface area contributed by atoms with E-state index in [1.807, 2.05) is 77.1 Å². The average Bonchev–Trinajstić information content (AvgIpc) is 2.98. The second-order valence-corrected chi connectivity index (χ2v) is 14.5. The summed E-state index contributed by atoms with van der Waals surface area (Å²) in [6.45, 7) is 8.83. The molecular weight excluding hydrogens is 606 g/mol. The Hall–Kier alpha value is -4.14. The molecule has 0 spiro atoms. The van der Waals surface area contributed by atoms with Crippen LogP contribution in [-0.4, -0.2) is 43.3 Å². The minimum Gasteiger partial charge on any atom is -0.350 e. The molecule has 236 valence electrons. The average molecular weight is 646 g/mol. The van der Waals surface area contributed by atoms with Crippen molar-refractivity contribution in [1.29, 1.82) is 0 Å². The number of hydrogen-bond acceptors (Lipinski definition) is 4. The molecule has 4 rings (SSSR count). The zero-order chi connectivity index (χ0) is 32.8. The van der Waals surface area contributed by atoms with Crippen molar-refractivity contribution < 1.29 is 18.0 Å². The first-order valence-electron chi connectivity index (χ1n) is 14.8. The number of nitrogens with zero attached hydrogens (tertiary/aromatic N) is 2. The van der Waals surface area contributed by atoms with Crippen LogP contribution >= 0.6 is 11.6 Å². The number of carbonyl (C=O) groups excluding carboxylic acids is 2. The Morgan fingerprint density at radius 1 is 0.822 bits per heavy atom. The maximum Gasteiger partial charge on any atom is 0.264 e.